The van der Waals surface area contributed by atoms with Gasteiger partial charge < -0.3 is 15.2 Å². The van der Waals surface area contributed by atoms with Gasteiger partial charge in [0.15, 0.2) is 5.75 Å². The Morgan fingerprint density at radius 1 is 1.10 bits per heavy atom. The first-order valence-electron chi connectivity index (χ1n) is 9.75. The predicted octanol–water partition coefficient (Wildman–Crippen LogP) is 4.70. The van der Waals surface area contributed by atoms with Gasteiger partial charge in [-0.15, -0.1) is 0 Å². The zero-order valence-electron chi connectivity index (χ0n) is 16.9. The molecule has 0 aliphatic rings. The molecule has 6 heteroatoms. The van der Waals surface area contributed by atoms with E-state index in [4.69, 9.17) is 9.84 Å². The number of nitrogens with one attached hydrogen (secondary N) is 1. The fraction of sp³-hybridized carbons (Fsp3) is 0.304. The van der Waals surface area contributed by atoms with E-state index in [1.165, 1.54) is 11.0 Å². The van der Waals surface area contributed by atoms with Crippen molar-refractivity contribution in [2.75, 3.05) is 18.5 Å². The molecular weight excluding hydrogens is 368 g/mol. The quantitative estimate of drug-likeness (QED) is 0.451. The van der Waals surface area contributed by atoms with Crippen LogP contribution in [0.1, 0.15) is 37.3 Å². The van der Waals surface area contributed by atoms with E-state index in [0.717, 1.165) is 30.9 Å². The minimum atomic E-state index is -1.05. The smallest absolute Gasteiger partial charge is 0.328 e. The molecule has 2 aromatic rings. The normalized spacial score (nSPS) is 10.7. The number of nitrogens with zero attached hydrogens (tertiary/aromatic N) is 1. The van der Waals surface area contributed by atoms with Crippen LogP contribution in [0, 0.1) is 0 Å². The average molecular weight is 396 g/mol. The van der Waals surface area contributed by atoms with Gasteiger partial charge >= 0.3 is 12.0 Å². The highest BCUT2D eigenvalue weighted by molar-refractivity contribution is 5.94. The lowest BCUT2D eigenvalue weighted by molar-refractivity contribution is -0.131. The number of carboxylic acids is 1. The molecule has 0 heterocycles. The van der Waals surface area contributed by atoms with Crippen molar-refractivity contribution in [2.24, 2.45) is 0 Å². The highest BCUT2D eigenvalue weighted by Gasteiger charge is 2.17. The van der Waals surface area contributed by atoms with Crippen LogP contribution >= 0.6 is 0 Å². The number of urea groups is 1. The summed E-state index contributed by atoms with van der Waals surface area (Å²) in [5.74, 6) is -0.591. The molecule has 29 heavy (non-hydrogen) atoms. The van der Waals surface area contributed by atoms with Crippen molar-refractivity contribution in [3.8, 4) is 5.75 Å². The second kappa shape index (κ2) is 11.5. The van der Waals surface area contributed by atoms with Crippen molar-refractivity contribution < 1.29 is 19.4 Å². The summed E-state index contributed by atoms with van der Waals surface area (Å²) in [4.78, 5) is 25.0. The molecule has 0 aromatic heterocycles. The van der Waals surface area contributed by atoms with Gasteiger partial charge in [0.05, 0.1) is 5.69 Å². The van der Waals surface area contributed by atoms with Gasteiger partial charge in [-0.25, -0.2) is 9.59 Å². The lowest BCUT2D eigenvalue weighted by atomic mass is 10.1. The number of anilines is 1. The Labute approximate surface area is 171 Å². The number of rotatable bonds is 10. The lowest BCUT2D eigenvalue weighted by Crippen LogP contribution is -2.38. The van der Waals surface area contributed by atoms with Crippen molar-refractivity contribution in [2.45, 2.75) is 32.8 Å². The molecule has 6 nitrogen and oxygen atoms in total. The maximum absolute atomic E-state index is 12.6. The van der Waals surface area contributed by atoms with E-state index >= 15 is 0 Å². The van der Waals surface area contributed by atoms with Gasteiger partial charge in [0.2, 0.25) is 0 Å². The van der Waals surface area contributed by atoms with Gasteiger partial charge in [0.1, 0.15) is 6.61 Å². The number of para-hydroxylation sites is 1. The molecule has 2 aromatic carbocycles. The number of hydrogen-bond acceptors (Lipinski definition) is 3. The molecule has 0 aliphatic carbocycles. The second-order valence-electron chi connectivity index (χ2n) is 6.64. The average Bonchev–Trinajstić information content (AvgIpc) is 2.74. The molecule has 2 N–H and O–H groups in total. The van der Waals surface area contributed by atoms with E-state index in [2.05, 4.69) is 12.2 Å². The molecule has 154 valence electrons. The molecule has 0 atom stereocenters. The van der Waals surface area contributed by atoms with Crippen LogP contribution in [0.25, 0.3) is 6.08 Å². The van der Waals surface area contributed by atoms with Crippen LogP contribution in [0.15, 0.2) is 54.6 Å². The van der Waals surface area contributed by atoms with E-state index in [9.17, 15) is 9.59 Å². The fourth-order valence-corrected chi connectivity index (χ4v) is 2.78. The largest absolute Gasteiger partial charge is 0.486 e. The summed E-state index contributed by atoms with van der Waals surface area (Å²) < 4.78 is 6.04. The molecule has 0 spiro atoms. The number of hydrogen-bond donors (Lipinski definition) is 2. The lowest BCUT2D eigenvalue weighted by Gasteiger charge is -2.22. The van der Waals surface area contributed by atoms with Gasteiger partial charge in [-0.05, 0) is 24.1 Å². The fourth-order valence-electron chi connectivity index (χ4n) is 2.78. The summed E-state index contributed by atoms with van der Waals surface area (Å²) in [6.07, 6.45) is 5.60. The Morgan fingerprint density at radius 2 is 1.86 bits per heavy atom. The summed E-state index contributed by atoms with van der Waals surface area (Å²) in [5, 5.41) is 11.9. The highest BCUT2D eigenvalue weighted by atomic mass is 16.5. The van der Waals surface area contributed by atoms with Crippen LogP contribution in [0.4, 0.5) is 10.5 Å². The number of carbonyl (C=O) groups excluding carboxylic acids is 1. The van der Waals surface area contributed by atoms with Crippen molar-refractivity contribution in [1.29, 1.82) is 0 Å². The van der Waals surface area contributed by atoms with Crippen molar-refractivity contribution in [1.82, 2.24) is 5.32 Å². The molecule has 0 saturated heterocycles. The summed E-state index contributed by atoms with van der Waals surface area (Å²) >= 11 is 0. The summed E-state index contributed by atoms with van der Waals surface area (Å²) in [6.45, 7) is 3.02. The van der Waals surface area contributed by atoms with E-state index in [-0.39, 0.29) is 6.03 Å². The maximum Gasteiger partial charge on any atom is 0.328 e. The molecule has 2 amide bonds. The standard InChI is InChI=1S/C23H28N2O4/c1-3-4-8-16-24-23(28)25(2)20-13-9-12-19(14-15-21(26)27)22(20)29-17-18-10-6-5-7-11-18/h5-7,9-15H,3-4,8,16-17H2,1-2H3,(H,24,28)(H,26,27)/b15-14+. The van der Waals surface area contributed by atoms with E-state index in [1.54, 1.807) is 25.2 Å². The SMILES string of the molecule is CCCCCNC(=O)N(C)c1cccc(/C=C/C(=O)O)c1OCc1ccccc1. The minimum absolute atomic E-state index is 0.231. The maximum atomic E-state index is 12.6. The number of amides is 2. The van der Waals surface area contributed by atoms with Gasteiger partial charge in [0.25, 0.3) is 0 Å². The molecule has 0 bridgehead atoms. The minimum Gasteiger partial charge on any atom is -0.486 e. The highest BCUT2D eigenvalue weighted by Crippen LogP contribution is 2.33. The number of ether oxygens (including phenoxy) is 1. The Balaban J connectivity index is 2.25. The van der Waals surface area contributed by atoms with Crippen LogP contribution in [-0.2, 0) is 11.4 Å². The van der Waals surface area contributed by atoms with Crippen molar-refractivity contribution >= 4 is 23.8 Å². The zero-order valence-corrected chi connectivity index (χ0v) is 16.9. The number of aliphatic carboxylic acids is 1. The van der Waals surface area contributed by atoms with Crippen LogP contribution in [0.5, 0.6) is 5.75 Å². The topological polar surface area (TPSA) is 78.9 Å². The van der Waals surface area contributed by atoms with E-state index < -0.39 is 5.97 Å². The van der Waals surface area contributed by atoms with Gasteiger partial charge in [-0.1, -0.05) is 62.2 Å². The molecule has 0 aliphatic heterocycles. The summed E-state index contributed by atoms with van der Waals surface area (Å²) in [5.41, 5.74) is 2.13. The van der Waals surface area contributed by atoms with Crippen molar-refractivity contribution in [3.05, 3.63) is 65.7 Å². The van der Waals surface area contributed by atoms with Gasteiger partial charge in [-0.3, -0.25) is 4.90 Å². The summed E-state index contributed by atoms with van der Waals surface area (Å²) in [7, 11) is 1.67. The number of carboxylic acid groups (broad SMARTS) is 1. The van der Waals surface area contributed by atoms with Gasteiger partial charge in [-0.2, -0.15) is 0 Å². The van der Waals surface area contributed by atoms with Gasteiger partial charge in [0, 0.05) is 25.2 Å². The van der Waals surface area contributed by atoms with E-state index in [0.29, 0.717) is 30.2 Å². The first-order chi connectivity index (χ1) is 14.0. The predicted molar refractivity (Wildman–Crippen MR) is 115 cm³/mol. The molecule has 0 radical (unpaired) electrons. The third kappa shape index (κ3) is 6.99. The Morgan fingerprint density at radius 3 is 2.55 bits per heavy atom. The van der Waals surface area contributed by atoms with Crippen molar-refractivity contribution in [3.63, 3.8) is 0 Å². The first-order valence-corrected chi connectivity index (χ1v) is 9.75. The number of unbranched alkanes of at least 4 members (excludes halogenated alkanes) is 2. The van der Waals surface area contributed by atoms with Crippen LogP contribution in [0.3, 0.4) is 0 Å². The third-order valence-corrected chi connectivity index (χ3v) is 4.38. The van der Waals surface area contributed by atoms with Crippen LogP contribution in [-0.4, -0.2) is 30.7 Å². The molecular formula is C23H28N2O4. The zero-order chi connectivity index (χ0) is 21.1. The molecule has 0 fully saturated rings. The molecule has 2 rings (SSSR count). The first kappa shape index (κ1) is 22.0. The van der Waals surface area contributed by atoms with Crippen LogP contribution < -0.4 is 15.0 Å². The third-order valence-electron chi connectivity index (χ3n) is 4.38. The number of benzene rings is 2. The Bertz CT molecular complexity index is 834. The van der Waals surface area contributed by atoms with Crippen LogP contribution in [0.2, 0.25) is 0 Å². The molecule has 0 saturated carbocycles. The summed E-state index contributed by atoms with van der Waals surface area (Å²) in [6, 6.07) is 14.7. The second-order valence-corrected chi connectivity index (χ2v) is 6.64. The van der Waals surface area contributed by atoms with E-state index in [1.807, 2.05) is 30.3 Å². The Kier molecular flexibility index (Phi) is 8.76. The monoisotopic (exact) mass is 396 g/mol. The Hall–Kier alpha value is -3.28. The molecule has 0 unspecified atom stereocenters. The number of carbonyl (C=O) groups is 2.